The van der Waals surface area contributed by atoms with Crippen LogP contribution < -0.4 is 5.32 Å². The smallest absolute Gasteiger partial charge is 0.220 e. The van der Waals surface area contributed by atoms with Crippen LogP contribution in [0.5, 0.6) is 0 Å². The summed E-state index contributed by atoms with van der Waals surface area (Å²) in [5.41, 5.74) is 0. The van der Waals surface area contributed by atoms with E-state index in [1.165, 1.54) is 25.9 Å². The lowest BCUT2D eigenvalue weighted by Crippen LogP contribution is -2.40. The minimum Gasteiger partial charge on any atom is -0.355 e. The molecule has 1 atom stereocenters. The van der Waals surface area contributed by atoms with E-state index < -0.39 is 0 Å². The van der Waals surface area contributed by atoms with Crippen LogP contribution in [0.1, 0.15) is 32.6 Å². The summed E-state index contributed by atoms with van der Waals surface area (Å²) in [4.78, 5) is 13.8. The first-order valence-corrected chi connectivity index (χ1v) is 6.81. The maximum Gasteiger partial charge on any atom is 0.220 e. The SMILES string of the molecule is CC1CCCN(CCNC(=O)CCCCl)C1. The molecule has 94 valence electrons. The first-order valence-electron chi connectivity index (χ1n) is 6.27. The van der Waals surface area contributed by atoms with Gasteiger partial charge < -0.3 is 10.2 Å². The number of carbonyl (C=O) groups is 1. The van der Waals surface area contributed by atoms with Gasteiger partial charge in [0.05, 0.1) is 0 Å². The number of rotatable bonds is 6. The fourth-order valence-corrected chi connectivity index (χ4v) is 2.29. The summed E-state index contributed by atoms with van der Waals surface area (Å²) < 4.78 is 0. The van der Waals surface area contributed by atoms with E-state index in [9.17, 15) is 4.79 Å². The van der Waals surface area contributed by atoms with Crippen LogP contribution in [0.4, 0.5) is 0 Å². The van der Waals surface area contributed by atoms with E-state index in [2.05, 4.69) is 17.1 Å². The highest BCUT2D eigenvalue weighted by atomic mass is 35.5. The van der Waals surface area contributed by atoms with E-state index in [1.807, 2.05) is 0 Å². The van der Waals surface area contributed by atoms with Crippen LogP contribution in [0, 0.1) is 5.92 Å². The Balaban J connectivity index is 2.03. The van der Waals surface area contributed by atoms with Gasteiger partial charge in [-0.1, -0.05) is 6.92 Å². The molecule has 16 heavy (non-hydrogen) atoms. The first kappa shape index (κ1) is 13.8. The van der Waals surface area contributed by atoms with Crippen molar-refractivity contribution in [3.05, 3.63) is 0 Å². The van der Waals surface area contributed by atoms with Crippen LogP contribution in [0.3, 0.4) is 0 Å². The van der Waals surface area contributed by atoms with Gasteiger partial charge in [-0.05, 0) is 31.7 Å². The van der Waals surface area contributed by atoms with Gasteiger partial charge in [0.2, 0.25) is 5.91 Å². The summed E-state index contributed by atoms with van der Waals surface area (Å²) in [7, 11) is 0. The third-order valence-corrected chi connectivity index (χ3v) is 3.30. The number of halogens is 1. The monoisotopic (exact) mass is 246 g/mol. The van der Waals surface area contributed by atoms with E-state index in [4.69, 9.17) is 11.6 Å². The van der Waals surface area contributed by atoms with Crippen molar-refractivity contribution in [2.24, 2.45) is 5.92 Å². The molecule has 1 heterocycles. The molecule has 0 aromatic carbocycles. The molecule has 0 aliphatic carbocycles. The van der Waals surface area contributed by atoms with Crippen molar-refractivity contribution in [3.8, 4) is 0 Å². The third kappa shape index (κ3) is 5.71. The van der Waals surface area contributed by atoms with E-state index in [1.54, 1.807) is 0 Å². The minimum absolute atomic E-state index is 0.130. The van der Waals surface area contributed by atoms with Crippen molar-refractivity contribution in [2.75, 3.05) is 32.1 Å². The van der Waals surface area contributed by atoms with E-state index in [0.29, 0.717) is 12.3 Å². The number of nitrogens with zero attached hydrogens (tertiary/aromatic N) is 1. The number of hydrogen-bond acceptors (Lipinski definition) is 2. The van der Waals surface area contributed by atoms with Gasteiger partial charge in [-0.25, -0.2) is 0 Å². The number of likely N-dealkylation sites (tertiary alicyclic amines) is 1. The van der Waals surface area contributed by atoms with Crippen molar-refractivity contribution in [2.45, 2.75) is 32.6 Å². The number of amides is 1. The maximum atomic E-state index is 11.3. The van der Waals surface area contributed by atoms with Gasteiger partial charge in [0.15, 0.2) is 0 Å². The summed E-state index contributed by atoms with van der Waals surface area (Å²) in [5.74, 6) is 1.50. The zero-order valence-corrected chi connectivity index (χ0v) is 10.9. The quantitative estimate of drug-likeness (QED) is 0.726. The van der Waals surface area contributed by atoms with Crippen LogP contribution in [0.2, 0.25) is 0 Å². The molecule has 1 saturated heterocycles. The molecule has 1 amide bonds. The Labute approximate surface area is 104 Å². The molecule has 4 heteroatoms. The first-order chi connectivity index (χ1) is 7.72. The van der Waals surface area contributed by atoms with Crippen molar-refractivity contribution in [3.63, 3.8) is 0 Å². The van der Waals surface area contributed by atoms with E-state index in [-0.39, 0.29) is 5.91 Å². The number of piperidine rings is 1. The molecule has 1 aliphatic rings. The van der Waals surface area contributed by atoms with Crippen LogP contribution in [-0.2, 0) is 4.79 Å². The minimum atomic E-state index is 0.130. The molecule has 3 nitrogen and oxygen atoms in total. The summed E-state index contributed by atoms with van der Waals surface area (Å²) in [5, 5.41) is 2.94. The largest absolute Gasteiger partial charge is 0.355 e. The van der Waals surface area contributed by atoms with Crippen LogP contribution >= 0.6 is 11.6 Å². The summed E-state index contributed by atoms with van der Waals surface area (Å²) in [6, 6.07) is 0. The van der Waals surface area contributed by atoms with E-state index in [0.717, 1.165) is 25.4 Å². The molecule has 0 aromatic heterocycles. The molecule has 0 bridgehead atoms. The number of nitrogens with one attached hydrogen (secondary N) is 1. The summed E-state index contributed by atoms with van der Waals surface area (Å²) in [6.45, 7) is 6.41. The van der Waals surface area contributed by atoms with Crippen LogP contribution in [0.15, 0.2) is 0 Å². The topological polar surface area (TPSA) is 32.3 Å². The third-order valence-electron chi connectivity index (χ3n) is 3.03. The average Bonchev–Trinajstić information content (AvgIpc) is 2.26. The van der Waals surface area contributed by atoms with Crippen molar-refractivity contribution in [1.29, 1.82) is 0 Å². The predicted molar refractivity (Wildman–Crippen MR) is 67.8 cm³/mol. The van der Waals surface area contributed by atoms with Crippen LogP contribution in [0.25, 0.3) is 0 Å². The van der Waals surface area contributed by atoms with Gasteiger partial charge >= 0.3 is 0 Å². The zero-order valence-electron chi connectivity index (χ0n) is 10.2. The van der Waals surface area contributed by atoms with E-state index >= 15 is 0 Å². The standard InChI is InChI=1S/C12H23ClN2O/c1-11-4-3-8-15(10-11)9-7-14-12(16)5-2-6-13/h11H,2-10H2,1H3,(H,14,16). The Morgan fingerprint density at radius 2 is 2.38 bits per heavy atom. The molecule has 1 rings (SSSR count). The molecule has 1 unspecified atom stereocenters. The Morgan fingerprint density at radius 3 is 3.06 bits per heavy atom. The second kappa shape index (κ2) is 7.91. The normalized spacial score (nSPS) is 22.0. The zero-order chi connectivity index (χ0) is 11.8. The lowest BCUT2D eigenvalue weighted by atomic mass is 10.0. The summed E-state index contributed by atoms with van der Waals surface area (Å²) in [6.07, 6.45) is 3.97. The molecule has 0 saturated carbocycles. The molecular formula is C12H23ClN2O. The van der Waals surface area contributed by atoms with Crippen LogP contribution in [-0.4, -0.2) is 42.9 Å². The summed E-state index contributed by atoms with van der Waals surface area (Å²) >= 11 is 5.53. The lowest BCUT2D eigenvalue weighted by Gasteiger charge is -2.30. The van der Waals surface area contributed by atoms with Gasteiger partial charge in [0, 0.05) is 31.9 Å². The highest BCUT2D eigenvalue weighted by Gasteiger charge is 2.15. The fourth-order valence-electron chi connectivity index (χ4n) is 2.16. The Morgan fingerprint density at radius 1 is 1.56 bits per heavy atom. The van der Waals surface area contributed by atoms with Crippen molar-refractivity contribution >= 4 is 17.5 Å². The number of carbonyl (C=O) groups excluding carboxylic acids is 1. The predicted octanol–water partition coefficient (Wildman–Crippen LogP) is 1.85. The molecule has 1 N–H and O–H groups in total. The molecule has 0 radical (unpaired) electrons. The molecule has 0 aromatic rings. The second-order valence-electron chi connectivity index (χ2n) is 4.69. The second-order valence-corrected chi connectivity index (χ2v) is 5.07. The lowest BCUT2D eigenvalue weighted by molar-refractivity contribution is -0.121. The highest BCUT2D eigenvalue weighted by Crippen LogP contribution is 2.14. The maximum absolute atomic E-state index is 11.3. The van der Waals surface area contributed by atoms with Gasteiger partial charge in [-0.15, -0.1) is 11.6 Å². The molecule has 0 spiro atoms. The van der Waals surface area contributed by atoms with Crippen molar-refractivity contribution in [1.82, 2.24) is 10.2 Å². The molecular weight excluding hydrogens is 224 g/mol. The number of hydrogen-bond donors (Lipinski definition) is 1. The van der Waals surface area contributed by atoms with Crippen molar-refractivity contribution < 1.29 is 4.79 Å². The molecule has 1 aliphatic heterocycles. The van der Waals surface area contributed by atoms with Gasteiger partial charge in [-0.3, -0.25) is 4.79 Å². The Kier molecular flexibility index (Phi) is 6.81. The van der Waals surface area contributed by atoms with Gasteiger partial charge in [0.1, 0.15) is 0 Å². The Hall–Kier alpha value is -0.280. The highest BCUT2D eigenvalue weighted by molar-refractivity contribution is 6.17. The fraction of sp³-hybridized carbons (Fsp3) is 0.917. The van der Waals surface area contributed by atoms with Gasteiger partial charge in [0.25, 0.3) is 0 Å². The average molecular weight is 247 g/mol. The Bertz CT molecular complexity index is 211. The number of alkyl halides is 1. The molecule has 1 fully saturated rings. The van der Waals surface area contributed by atoms with Gasteiger partial charge in [-0.2, -0.15) is 0 Å².